The van der Waals surface area contributed by atoms with E-state index in [2.05, 4.69) is 19.8 Å². The molecule has 0 aliphatic carbocycles. The van der Waals surface area contributed by atoms with Gasteiger partial charge in [0.25, 0.3) is 0 Å². The standard InChI is InChI=1S/C18H25N7O/c1-21-7-8-23(18(21)26)16-10-20-25(13-16)15-4-6-22(12-15)11-14-9-19-24-5-2-3-17(14)24/h9-10,13,15H,2-8,11-12H2,1H3. The molecule has 0 aromatic carbocycles. The molecule has 0 saturated carbocycles. The largest absolute Gasteiger partial charge is 0.326 e. The van der Waals surface area contributed by atoms with Crippen molar-refractivity contribution >= 4 is 11.7 Å². The number of carbonyl (C=O) groups is 1. The molecule has 3 aliphatic rings. The topological polar surface area (TPSA) is 62.4 Å². The van der Waals surface area contributed by atoms with Gasteiger partial charge in [-0.25, -0.2) is 4.79 Å². The van der Waals surface area contributed by atoms with Crippen LogP contribution in [0.4, 0.5) is 10.5 Å². The molecule has 5 heterocycles. The summed E-state index contributed by atoms with van der Waals surface area (Å²) in [5.74, 6) is 0. The molecule has 0 bridgehead atoms. The van der Waals surface area contributed by atoms with Gasteiger partial charge in [-0.3, -0.25) is 19.2 Å². The van der Waals surface area contributed by atoms with Crippen LogP contribution in [0.2, 0.25) is 0 Å². The molecule has 2 aromatic rings. The summed E-state index contributed by atoms with van der Waals surface area (Å²) in [5.41, 5.74) is 3.72. The van der Waals surface area contributed by atoms with Gasteiger partial charge >= 0.3 is 6.03 Å². The van der Waals surface area contributed by atoms with Crippen LogP contribution in [-0.2, 0) is 19.5 Å². The van der Waals surface area contributed by atoms with Crippen molar-refractivity contribution in [3.8, 4) is 0 Å². The molecule has 3 aliphatic heterocycles. The molecule has 0 radical (unpaired) electrons. The fourth-order valence-electron chi connectivity index (χ4n) is 4.43. The molecule has 2 amide bonds. The van der Waals surface area contributed by atoms with Crippen LogP contribution < -0.4 is 4.90 Å². The van der Waals surface area contributed by atoms with Gasteiger partial charge in [0.15, 0.2) is 0 Å². The highest BCUT2D eigenvalue weighted by molar-refractivity contribution is 5.93. The number of likely N-dealkylation sites (tertiary alicyclic amines) is 1. The maximum absolute atomic E-state index is 12.2. The smallest absolute Gasteiger partial charge is 0.324 e. The van der Waals surface area contributed by atoms with E-state index >= 15 is 0 Å². The van der Waals surface area contributed by atoms with Gasteiger partial charge in [-0.15, -0.1) is 0 Å². The van der Waals surface area contributed by atoms with Gasteiger partial charge in [0, 0.05) is 63.8 Å². The Morgan fingerprint density at radius 3 is 2.92 bits per heavy atom. The van der Waals surface area contributed by atoms with Crippen LogP contribution in [0, 0.1) is 0 Å². The monoisotopic (exact) mass is 355 g/mol. The molecular formula is C18H25N7O. The highest BCUT2D eigenvalue weighted by atomic mass is 16.2. The molecule has 2 fully saturated rings. The summed E-state index contributed by atoms with van der Waals surface area (Å²) in [5, 5.41) is 9.06. The van der Waals surface area contributed by atoms with Crippen molar-refractivity contribution in [2.75, 3.05) is 38.1 Å². The second-order valence-electron chi connectivity index (χ2n) is 7.66. The number of hydrogen-bond donors (Lipinski definition) is 0. The average molecular weight is 355 g/mol. The molecule has 8 heteroatoms. The third-order valence-corrected chi connectivity index (χ3v) is 5.95. The van der Waals surface area contributed by atoms with E-state index in [1.165, 1.54) is 17.7 Å². The Labute approximate surface area is 153 Å². The lowest BCUT2D eigenvalue weighted by Gasteiger charge is -2.16. The Morgan fingerprint density at radius 2 is 2.08 bits per heavy atom. The van der Waals surface area contributed by atoms with Crippen LogP contribution in [0.3, 0.4) is 0 Å². The second kappa shape index (κ2) is 6.12. The number of likely N-dealkylation sites (N-methyl/N-ethyl adjacent to an activating group) is 1. The third-order valence-electron chi connectivity index (χ3n) is 5.95. The number of hydrogen-bond acceptors (Lipinski definition) is 4. The number of fused-ring (bicyclic) bond motifs is 1. The summed E-state index contributed by atoms with van der Waals surface area (Å²) in [6.07, 6.45) is 9.38. The van der Waals surface area contributed by atoms with Gasteiger partial charge in [-0.2, -0.15) is 10.2 Å². The summed E-state index contributed by atoms with van der Waals surface area (Å²) in [7, 11) is 1.84. The predicted molar refractivity (Wildman–Crippen MR) is 97.1 cm³/mol. The van der Waals surface area contributed by atoms with Crippen molar-refractivity contribution in [2.45, 2.75) is 38.4 Å². The first-order chi connectivity index (χ1) is 12.7. The maximum atomic E-state index is 12.2. The van der Waals surface area contributed by atoms with Crippen molar-refractivity contribution in [1.29, 1.82) is 0 Å². The number of aromatic nitrogens is 4. The Bertz CT molecular complexity index is 825. The van der Waals surface area contributed by atoms with E-state index in [1.807, 2.05) is 35.2 Å². The predicted octanol–water partition coefficient (Wildman–Crippen LogP) is 1.34. The summed E-state index contributed by atoms with van der Waals surface area (Å²) in [6, 6.07) is 0.440. The Hall–Kier alpha value is -2.35. The van der Waals surface area contributed by atoms with Crippen LogP contribution in [0.5, 0.6) is 0 Å². The zero-order chi connectivity index (χ0) is 17.7. The van der Waals surface area contributed by atoms with Gasteiger partial charge in [0.2, 0.25) is 0 Å². The summed E-state index contributed by atoms with van der Waals surface area (Å²) in [4.78, 5) is 18.2. The molecule has 138 valence electrons. The van der Waals surface area contributed by atoms with Crippen molar-refractivity contribution in [1.82, 2.24) is 29.4 Å². The van der Waals surface area contributed by atoms with E-state index in [0.717, 1.165) is 57.8 Å². The molecule has 8 nitrogen and oxygen atoms in total. The lowest BCUT2D eigenvalue weighted by atomic mass is 10.2. The van der Waals surface area contributed by atoms with E-state index in [0.29, 0.717) is 6.04 Å². The van der Waals surface area contributed by atoms with Crippen LogP contribution in [0.1, 0.15) is 30.1 Å². The number of aryl methyl sites for hydroxylation is 1. The number of urea groups is 1. The quantitative estimate of drug-likeness (QED) is 0.830. The van der Waals surface area contributed by atoms with E-state index in [4.69, 9.17) is 0 Å². The number of carbonyl (C=O) groups excluding carboxylic acids is 1. The highest BCUT2D eigenvalue weighted by Gasteiger charge is 2.30. The Kier molecular flexibility index (Phi) is 3.74. The number of rotatable bonds is 4. The lowest BCUT2D eigenvalue weighted by Crippen LogP contribution is -2.28. The van der Waals surface area contributed by atoms with Gasteiger partial charge in [0.1, 0.15) is 0 Å². The van der Waals surface area contributed by atoms with Gasteiger partial charge in [0.05, 0.1) is 24.1 Å². The van der Waals surface area contributed by atoms with Crippen molar-refractivity contribution in [3.63, 3.8) is 0 Å². The molecule has 0 spiro atoms. The zero-order valence-corrected chi connectivity index (χ0v) is 15.2. The van der Waals surface area contributed by atoms with Crippen molar-refractivity contribution in [2.24, 2.45) is 0 Å². The lowest BCUT2D eigenvalue weighted by molar-refractivity contribution is 0.229. The van der Waals surface area contributed by atoms with E-state index in [-0.39, 0.29) is 6.03 Å². The first-order valence-electron chi connectivity index (χ1n) is 9.52. The summed E-state index contributed by atoms with van der Waals surface area (Å²) >= 11 is 0. The molecule has 1 unspecified atom stereocenters. The average Bonchev–Trinajstić information content (AvgIpc) is 3.41. The zero-order valence-electron chi connectivity index (χ0n) is 15.2. The molecule has 0 N–H and O–H groups in total. The van der Waals surface area contributed by atoms with Gasteiger partial charge in [-0.1, -0.05) is 0 Å². The molecular weight excluding hydrogens is 330 g/mol. The first kappa shape index (κ1) is 15.9. The Balaban J connectivity index is 1.24. The van der Waals surface area contributed by atoms with Gasteiger partial charge < -0.3 is 4.90 Å². The maximum Gasteiger partial charge on any atom is 0.324 e. The molecule has 26 heavy (non-hydrogen) atoms. The molecule has 5 rings (SSSR count). The number of nitrogens with zero attached hydrogens (tertiary/aromatic N) is 7. The number of amides is 2. The minimum absolute atomic E-state index is 0.0626. The fourth-order valence-corrected chi connectivity index (χ4v) is 4.43. The van der Waals surface area contributed by atoms with Crippen LogP contribution in [-0.4, -0.2) is 68.6 Å². The minimum atomic E-state index is 0.0626. The number of anilines is 1. The van der Waals surface area contributed by atoms with Crippen LogP contribution in [0.25, 0.3) is 0 Å². The van der Waals surface area contributed by atoms with Crippen LogP contribution in [0.15, 0.2) is 18.6 Å². The fraction of sp³-hybridized carbons (Fsp3) is 0.611. The minimum Gasteiger partial charge on any atom is -0.326 e. The van der Waals surface area contributed by atoms with Crippen molar-refractivity contribution < 1.29 is 4.79 Å². The SMILES string of the molecule is CN1CCN(c2cnn(C3CCN(Cc4cnn5c4CCC5)C3)c2)C1=O. The molecule has 2 saturated heterocycles. The van der Waals surface area contributed by atoms with E-state index in [9.17, 15) is 4.79 Å². The van der Waals surface area contributed by atoms with Gasteiger partial charge in [-0.05, 0) is 19.3 Å². The molecule has 2 aromatic heterocycles. The third kappa shape index (κ3) is 2.59. The van der Waals surface area contributed by atoms with Crippen molar-refractivity contribution in [3.05, 3.63) is 29.8 Å². The Morgan fingerprint density at radius 1 is 1.15 bits per heavy atom. The highest BCUT2D eigenvalue weighted by Crippen LogP contribution is 2.27. The summed E-state index contributed by atoms with van der Waals surface area (Å²) in [6.45, 7) is 5.64. The van der Waals surface area contributed by atoms with Crippen LogP contribution >= 0.6 is 0 Å². The van der Waals surface area contributed by atoms with E-state index in [1.54, 1.807) is 4.90 Å². The van der Waals surface area contributed by atoms with E-state index < -0.39 is 0 Å². The second-order valence-corrected chi connectivity index (χ2v) is 7.66. The normalized spacial score (nSPS) is 23.4. The summed E-state index contributed by atoms with van der Waals surface area (Å²) < 4.78 is 4.20. The first-order valence-corrected chi connectivity index (χ1v) is 9.52. The molecule has 1 atom stereocenters.